The first-order valence-corrected chi connectivity index (χ1v) is 7.20. The molecule has 0 saturated heterocycles. The molecule has 0 N–H and O–H groups in total. The predicted octanol–water partition coefficient (Wildman–Crippen LogP) is 4.17. The van der Waals surface area contributed by atoms with Gasteiger partial charge in [0, 0.05) is 5.56 Å². The van der Waals surface area contributed by atoms with Crippen molar-refractivity contribution in [3.63, 3.8) is 0 Å². The van der Waals surface area contributed by atoms with Gasteiger partial charge >= 0.3 is 0 Å². The maximum absolute atomic E-state index is 4.61. The van der Waals surface area contributed by atoms with Crippen molar-refractivity contribution in [2.45, 2.75) is 26.8 Å². The number of hydrogen-bond donors (Lipinski definition) is 0. The van der Waals surface area contributed by atoms with Crippen molar-refractivity contribution in [1.82, 2.24) is 14.8 Å². The van der Waals surface area contributed by atoms with Crippen molar-refractivity contribution in [3.8, 4) is 11.4 Å². The number of hydrogen-bond acceptors (Lipinski definition) is 2. The van der Waals surface area contributed by atoms with Crippen LogP contribution in [0.15, 0.2) is 54.6 Å². The van der Waals surface area contributed by atoms with Gasteiger partial charge < -0.3 is 0 Å². The molecule has 3 nitrogen and oxygen atoms in total. The van der Waals surface area contributed by atoms with E-state index in [1.807, 2.05) is 17.7 Å². The molecule has 1 aromatic heterocycles. The minimum Gasteiger partial charge on any atom is -0.238 e. The largest absolute Gasteiger partial charge is 0.238 e. The zero-order valence-corrected chi connectivity index (χ0v) is 12.6. The van der Waals surface area contributed by atoms with Gasteiger partial charge in [-0.15, -0.1) is 0 Å². The van der Waals surface area contributed by atoms with E-state index in [0.717, 1.165) is 17.2 Å². The van der Waals surface area contributed by atoms with Crippen LogP contribution in [0.1, 0.15) is 29.9 Å². The van der Waals surface area contributed by atoms with Crippen LogP contribution in [-0.4, -0.2) is 14.8 Å². The molecule has 3 aromatic rings. The molecule has 1 heterocycles. The van der Waals surface area contributed by atoms with Gasteiger partial charge in [0.15, 0.2) is 5.82 Å². The lowest BCUT2D eigenvalue weighted by atomic mass is 10.1. The van der Waals surface area contributed by atoms with Crippen LogP contribution in [0.2, 0.25) is 0 Å². The summed E-state index contributed by atoms with van der Waals surface area (Å²) >= 11 is 0. The Morgan fingerprint density at radius 2 is 1.57 bits per heavy atom. The summed E-state index contributed by atoms with van der Waals surface area (Å²) in [6.45, 7) is 6.18. The molecule has 0 aliphatic rings. The molecular formula is C18H19N3. The van der Waals surface area contributed by atoms with Gasteiger partial charge in [-0.1, -0.05) is 60.2 Å². The first-order chi connectivity index (χ1) is 10.1. The van der Waals surface area contributed by atoms with Crippen LogP contribution in [0, 0.1) is 13.8 Å². The minimum absolute atomic E-state index is 0.156. The lowest BCUT2D eigenvalue weighted by molar-refractivity contribution is 0.566. The molecule has 0 spiro atoms. The van der Waals surface area contributed by atoms with Crippen LogP contribution in [0.3, 0.4) is 0 Å². The first kappa shape index (κ1) is 13.6. The van der Waals surface area contributed by atoms with E-state index in [2.05, 4.69) is 72.5 Å². The van der Waals surface area contributed by atoms with Gasteiger partial charge in [-0.2, -0.15) is 5.10 Å². The Balaban J connectivity index is 2.05. The highest BCUT2D eigenvalue weighted by Gasteiger charge is 2.16. The Bertz CT molecular complexity index is 727. The smallest absolute Gasteiger partial charge is 0.158 e. The SMILES string of the molecule is Cc1ccc(-c2nc(C)nn2C(C)c2ccccc2)cc1. The molecule has 3 heteroatoms. The van der Waals surface area contributed by atoms with Crippen molar-refractivity contribution < 1.29 is 0 Å². The molecule has 1 unspecified atom stereocenters. The maximum atomic E-state index is 4.61. The van der Waals surface area contributed by atoms with Gasteiger partial charge in [0.05, 0.1) is 6.04 Å². The van der Waals surface area contributed by atoms with Crippen LogP contribution >= 0.6 is 0 Å². The number of nitrogens with zero attached hydrogens (tertiary/aromatic N) is 3. The third-order valence-electron chi connectivity index (χ3n) is 3.70. The van der Waals surface area contributed by atoms with Gasteiger partial charge in [-0.3, -0.25) is 0 Å². The lowest BCUT2D eigenvalue weighted by Crippen LogP contribution is -2.10. The fourth-order valence-corrected chi connectivity index (χ4v) is 2.47. The fraction of sp³-hybridized carbons (Fsp3) is 0.222. The van der Waals surface area contributed by atoms with E-state index in [9.17, 15) is 0 Å². The minimum atomic E-state index is 0.156. The van der Waals surface area contributed by atoms with E-state index in [1.165, 1.54) is 11.1 Å². The van der Waals surface area contributed by atoms with E-state index < -0.39 is 0 Å². The Kier molecular flexibility index (Phi) is 3.57. The molecule has 1 atom stereocenters. The molecule has 0 saturated carbocycles. The number of aromatic nitrogens is 3. The van der Waals surface area contributed by atoms with Crippen molar-refractivity contribution in [2.75, 3.05) is 0 Å². The van der Waals surface area contributed by atoms with Gasteiger partial charge in [0.2, 0.25) is 0 Å². The van der Waals surface area contributed by atoms with Gasteiger partial charge in [0.1, 0.15) is 5.82 Å². The molecule has 3 rings (SSSR count). The number of aryl methyl sites for hydroxylation is 2. The molecular weight excluding hydrogens is 258 g/mol. The summed E-state index contributed by atoms with van der Waals surface area (Å²) in [6.07, 6.45) is 0. The molecule has 106 valence electrons. The van der Waals surface area contributed by atoms with E-state index in [1.54, 1.807) is 0 Å². The summed E-state index contributed by atoms with van der Waals surface area (Å²) in [5.74, 6) is 1.72. The van der Waals surface area contributed by atoms with Crippen LogP contribution in [0.4, 0.5) is 0 Å². The average molecular weight is 277 g/mol. The van der Waals surface area contributed by atoms with E-state index in [0.29, 0.717) is 0 Å². The van der Waals surface area contributed by atoms with Gasteiger partial charge in [0.25, 0.3) is 0 Å². The van der Waals surface area contributed by atoms with E-state index >= 15 is 0 Å². The predicted molar refractivity (Wildman–Crippen MR) is 85.2 cm³/mol. The quantitative estimate of drug-likeness (QED) is 0.719. The molecule has 0 amide bonds. The third kappa shape index (κ3) is 2.72. The molecule has 0 fully saturated rings. The van der Waals surface area contributed by atoms with Crippen molar-refractivity contribution in [2.24, 2.45) is 0 Å². The van der Waals surface area contributed by atoms with Crippen LogP contribution in [-0.2, 0) is 0 Å². The topological polar surface area (TPSA) is 30.7 Å². The maximum Gasteiger partial charge on any atom is 0.158 e. The third-order valence-corrected chi connectivity index (χ3v) is 3.70. The molecule has 0 aliphatic carbocycles. The van der Waals surface area contributed by atoms with E-state index in [4.69, 9.17) is 0 Å². The second-order valence-electron chi connectivity index (χ2n) is 5.38. The van der Waals surface area contributed by atoms with Crippen molar-refractivity contribution in [1.29, 1.82) is 0 Å². The zero-order chi connectivity index (χ0) is 14.8. The number of benzene rings is 2. The summed E-state index contributed by atoms with van der Waals surface area (Å²) in [7, 11) is 0. The lowest BCUT2D eigenvalue weighted by Gasteiger charge is -2.15. The van der Waals surface area contributed by atoms with Crippen LogP contribution in [0.25, 0.3) is 11.4 Å². The second kappa shape index (κ2) is 5.52. The highest BCUT2D eigenvalue weighted by molar-refractivity contribution is 5.56. The number of rotatable bonds is 3. The Morgan fingerprint density at radius 1 is 0.905 bits per heavy atom. The average Bonchev–Trinajstić information content (AvgIpc) is 2.90. The molecule has 21 heavy (non-hydrogen) atoms. The second-order valence-corrected chi connectivity index (χ2v) is 5.38. The molecule has 0 bridgehead atoms. The van der Waals surface area contributed by atoms with Crippen molar-refractivity contribution >= 4 is 0 Å². The van der Waals surface area contributed by atoms with Crippen LogP contribution in [0.5, 0.6) is 0 Å². The highest BCUT2D eigenvalue weighted by atomic mass is 15.4. The Morgan fingerprint density at radius 3 is 2.24 bits per heavy atom. The molecule has 2 aromatic carbocycles. The normalized spacial score (nSPS) is 12.3. The molecule has 0 aliphatic heterocycles. The molecule has 0 radical (unpaired) electrons. The Labute approximate surface area is 125 Å². The highest BCUT2D eigenvalue weighted by Crippen LogP contribution is 2.25. The first-order valence-electron chi connectivity index (χ1n) is 7.20. The summed E-state index contributed by atoms with van der Waals surface area (Å²) in [4.78, 5) is 4.61. The van der Waals surface area contributed by atoms with Crippen molar-refractivity contribution in [3.05, 3.63) is 71.5 Å². The summed E-state index contributed by atoms with van der Waals surface area (Å²) in [5, 5.41) is 4.59. The van der Waals surface area contributed by atoms with Gasteiger partial charge in [-0.25, -0.2) is 9.67 Å². The Hall–Kier alpha value is -2.42. The fourth-order valence-electron chi connectivity index (χ4n) is 2.47. The summed E-state index contributed by atoms with van der Waals surface area (Å²) < 4.78 is 2.01. The standard InChI is InChI=1S/C18H19N3/c1-13-9-11-17(12-10-13)18-19-15(3)20-21(18)14(2)16-7-5-4-6-8-16/h4-12,14H,1-3H3. The summed E-state index contributed by atoms with van der Waals surface area (Å²) in [5.41, 5.74) is 3.58. The summed E-state index contributed by atoms with van der Waals surface area (Å²) in [6, 6.07) is 19.0. The van der Waals surface area contributed by atoms with Crippen LogP contribution < -0.4 is 0 Å². The van der Waals surface area contributed by atoms with E-state index in [-0.39, 0.29) is 6.04 Å². The monoisotopic (exact) mass is 277 g/mol. The van der Waals surface area contributed by atoms with Gasteiger partial charge in [-0.05, 0) is 26.3 Å². The zero-order valence-electron chi connectivity index (χ0n) is 12.6.